The van der Waals surface area contributed by atoms with Gasteiger partial charge in [0.2, 0.25) is 0 Å². The van der Waals surface area contributed by atoms with Gasteiger partial charge in [0.05, 0.1) is 19.3 Å². The summed E-state index contributed by atoms with van der Waals surface area (Å²) in [5.74, 6) is 0. The van der Waals surface area contributed by atoms with E-state index in [4.69, 9.17) is 4.74 Å². The smallest absolute Gasteiger partial charge is 0.0645 e. The lowest BCUT2D eigenvalue weighted by atomic mass is 10.2. The van der Waals surface area contributed by atoms with Gasteiger partial charge in [0.15, 0.2) is 0 Å². The highest BCUT2D eigenvalue weighted by molar-refractivity contribution is 4.88. The van der Waals surface area contributed by atoms with Gasteiger partial charge >= 0.3 is 0 Å². The molecule has 0 N–H and O–H groups in total. The van der Waals surface area contributed by atoms with Crippen LogP contribution in [0.5, 0.6) is 0 Å². The number of likely N-dealkylation sites (N-methyl/N-ethyl adjacent to an activating group) is 1. The van der Waals surface area contributed by atoms with Gasteiger partial charge < -0.3 is 4.74 Å². The van der Waals surface area contributed by atoms with Crippen molar-refractivity contribution < 1.29 is 4.74 Å². The lowest BCUT2D eigenvalue weighted by Crippen LogP contribution is -2.47. The molecule has 1 aliphatic carbocycles. The molecule has 52 valence electrons. The third kappa shape index (κ3) is 0.970. The van der Waals surface area contributed by atoms with Crippen molar-refractivity contribution in [1.82, 2.24) is 4.90 Å². The Morgan fingerprint density at radius 2 is 1.89 bits per heavy atom. The Morgan fingerprint density at radius 3 is 2.22 bits per heavy atom. The molecule has 1 aliphatic heterocycles. The molecular formula is C7H13NO. The van der Waals surface area contributed by atoms with E-state index in [0.717, 1.165) is 25.3 Å². The van der Waals surface area contributed by atoms with Gasteiger partial charge in [-0.05, 0) is 19.9 Å². The van der Waals surface area contributed by atoms with Crippen LogP contribution >= 0.6 is 0 Å². The highest BCUT2D eigenvalue weighted by Crippen LogP contribution is 2.28. The second-order valence-corrected chi connectivity index (χ2v) is 3.09. The van der Waals surface area contributed by atoms with Gasteiger partial charge in [0, 0.05) is 6.04 Å². The molecule has 2 fully saturated rings. The van der Waals surface area contributed by atoms with E-state index < -0.39 is 0 Å². The summed E-state index contributed by atoms with van der Waals surface area (Å²) in [6.07, 6.45) is 2.82. The minimum Gasteiger partial charge on any atom is -0.378 e. The van der Waals surface area contributed by atoms with Crippen LogP contribution in [0.15, 0.2) is 0 Å². The van der Waals surface area contributed by atoms with Gasteiger partial charge in [-0.1, -0.05) is 0 Å². The van der Waals surface area contributed by atoms with E-state index in [2.05, 4.69) is 11.9 Å². The quantitative estimate of drug-likeness (QED) is 0.535. The molecule has 0 aromatic heterocycles. The number of hydrogen-bond acceptors (Lipinski definition) is 2. The Hall–Kier alpha value is -0.0800. The van der Waals surface area contributed by atoms with Crippen molar-refractivity contribution in [2.45, 2.75) is 24.9 Å². The standard InChI is InChI=1S/C7H13NO/c1-8(6-2-3-6)7-4-9-5-7/h6-7H,2-5H2,1H3. The minimum atomic E-state index is 0.748. The first kappa shape index (κ1) is 5.69. The molecule has 2 rings (SSSR count). The molecule has 0 radical (unpaired) electrons. The van der Waals surface area contributed by atoms with Gasteiger partial charge in [-0.2, -0.15) is 0 Å². The van der Waals surface area contributed by atoms with E-state index in [0.29, 0.717) is 0 Å². The summed E-state index contributed by atoms with van der Waals surface area (Å²) >= 11 is 0. The average Bonchev–Trinajstić information content (AvgIpc) is 2.37. The Bertz CT molecular complexity index is 107. The largest absolute Gasteiger partial charge is 0.378 e. The maximum atomic E-state index is 5.09. The fraction of sp³-hybridized carbons (Fsp3) is 1.00. The fourth-order valence-corrected chi connectivity index (χ4v) is 1.24. The first-order valence-electron chi connectivity index (χ1n) is 3.67. The third-order valence-corrected chi connectivity index (χ3v) is 2.32. The Kier molecular flexibility index (Phi) is 1.24. The Labute approximate surface area is 55.8 Å². The SMILES string of the molecule is CN(C1CC1)C1COC1. The van der Waals surface area contributed by atoms with Crippen LogP contribution in [-0.2, 0) is 4.74 Å². The van der Waals surface area contributed by atoms with Crippen LogP contribution in [0.2, 0.25) is 0 Å². The first-order chi connectivity index (χ1) is 4.38. The summed E-state index contributed by atoms with van der Waals surface area (Å²) in [6.45, 7) is 1.93. The average molecular weight is 127 g/mol. The number of nitrogens with zero attached hydrogens (tertiary/aromatic N) is 1. The maximum Gasteiger partial charge on any atom is 0.0645 e. The molecule has 0 unspecified atom stereocenters. The summed E-state index contributed by atoms with van der Waals surface area (Å²) in [6, 6.07) is 1.65. The van der Waals surface area contributed by atoms with Crippen molar-refractivity contribution in [2.24, 2.45) is 0 Å². The Balaban J connectivity index is 1.81. The van der Waals surface area contributed by atoms with Gasteiger partial charge in [-0.25, -0.2) is 0 Å². The second-order valence-electron chi connectivity index (χ2n) is 3.09. The van der Waals surface area contributed by atoms with E-state index in [-0.39, 0.29) is 0 Å². The fourth-order valence-electron chi connectivity index (χ4n) is 1.24. The molecule has 0 aromatic rings. The van der Waals surface area contributed by atoms with E-state index in [9.17, 15) is 0 Å². The number of hydrogen-bond donors (Lipinski definition) is 0. The van der Waals surface area contributed by atoms with Crippen LogP contribution in [-0.4, -0.2) is 37.2 Å². The summed E-state index contributed by atoms with van der Waals surface area (Å²) in [4.78, 5) is 2.46. The van der Waals surface area contributed by atoms with Crippen molar-refractivity contribution in [3.63, 3.8) is 0 Å². The molecule has 2 nitrogen and oxygen atoms in total. The van der Waals surface area contributed by atoms with Crippen LogP contribution < -0.4 is 0 Å². The van der Waals surface area contributed by atoms with E-state index in [1.807, 2.05) is 0 Å². The molecule has 0 aromatic carbocycles. The summed E-state index contributed by atoms with van der Waals surface area (Å²) in [7, 11) is 2.21. The molecule has 1 heterocycles. The van der Waals surface area contributed by atoms with E-state index in [1.165, 1.54) is 12.8 Å². The highest BCUT2D eigenvalue weighted by atomic mass is 16.5. The summed E-state index contributed by atoms with van der Waals surface area (Å²) < 4.78 is 5.09. The highest BCUT2D eigenvalue weighted by Gasteiger charge is 2.34. The molecule has 2 heteroatoms. The molecule has 0 bridgehead atoms. The van der Waals surface area contributed by atoms with Crippen molar-refractivity contribution in [1.29, 1.82) is 0 Å². The van der Waals surface area contributed by atoms with E-state index in [1.54, 1.807) is 0 Å². The van der Waals surface area contributed by atoms with Crippen LogP contribution in [0.1, 0.15) is 12.8 Å². The predicted molar refractivity (Wildman–Crippen MR) is 35.4 cm³/mol. The lowest BCUT2D eigenvalue weighted by molar-refractivity contribution is -0.0587. The minimum absolute atomic E-state index is 0.748. The molecule has 0 atom stereocenters. The molecule has 9 heavy (non-hydrogen) atoms. The van der Waals surface area contributed by atoms with Crippen LogP contribution in [0.3, 0.4) is 0 Å². The van der Waals surface area contributed by atoms with Crippen molar-refractivity contribution >= 4 is 0 Å². The zero-order chi connectivity index (χ0) is 6.27. The molecule has 2 aliphatic rings. The van der Waals surface area contributed by atoms with E-state index >= 15 is 0 Å². The predicted octanol–water partition coefficient (Wildman–Crippen LogP) is 0.479. The van der Waals surface area contributed by atoms with Gasteiger partial charge in [-0.3, -0.25) is 4.90 Å². The van der Waals surface area contributed by atoms with Crippen LogP contribution in [0, 0.1) is 0 Å². The van der Waals surface area contributed by atoms with Crippen molar-refractivity contribution in [3.05, 3.63) is 0 Å². The van der Waals surface area contributed by atoms with Gasteiger partial charge in [0.25, 0.3) is 0 Å². The molecule has 0 spiro atoms. The van der Waals surface area contributed by atoms with Crippen molar-refractivity contribution in [2.75, 3.05) is 20.3 Å². The summed E-state index contributed by atoms with van der Waals surface area (Å²) in [5.41, 5.74) is 0. The zero-order valence-corrected chi connectivity index (χ0v) is 5.84. The molecular weight excluding hydrogens is 114 g/mol. The van der Waals surface area contributed by atoms with Crippen LogP contribution in [0.4, 0.5) is 0 Å². The number of rotatable bonds is 2. The van der Waals surface area contributed by atoms with Crippen molar-refractivity contribution in [3.8, 4) is 0 Å². The number of ether oxygens (including phenoxy) is 1. The zero-order valence-electron chi connectivity index (χ0n) is 5.84. The third-order valence-electron chi connectivity index (χ3n) is 2.32. The molecule has 1 saturated carbocycles. The summed E-state index contributed by atoms with van der Waals surface area (Å²) in [5, 5.41) is 0. The monoisotopic (exact) mass is 127 g/mol. The van der Waals surface area contributed by atoms with Gasteiger partial charge in [-0.15, -0.1) is 0 Å². The topological polar surface area (TPSA) is 12.5 Å². The lowest BCUT2D eigenvalue weighted by Gasteiger charge is -2.34. The Morgan fingerprint density at radius 1 is 1.22 bits per heavy atom. The maximum absolute atomic E-state index is 5.09. The molecule has 1 saturated heterocycles. The second kappa shape index (κ2) is 1.96. The van der Waals surface area contributed by atoms with Gasteiger partial charge in [0.1, 0.15) is 0 Å². The van der Waals surface area contributed by atoms with Crippen LogP contribution in [0.25, 0.3) is 0 Å². The normalized spacial score (nSPS) is 28.7. The first-order valence-corrected chi connectivity index (χ1v) is 3.67. The molecule has 0 amide bonds.